The topological polar surface area (TPSA) is 32.3 Å². The fraction of sp³-hybridized carbons (Fsp3) is 1.00. The molecule has 2 aliphatic carbocycles. The SMILES string of the molecule is CC1CC(NC2CCCC2O)CC(C)(C)C1. The van der Waals surface area contributed by atoms with Crippen molar-refractivity contribution in [2.24, 2.45) is 11.3 Å². The zero-order valence-corrected chi connectivity index (χ0v) is 11.0. The predicted octanol–water partition coefficient (Wildman–Crippen LogP) is 2.70. The standard InChI is InChI=1S/C14H27NO/c1-10-7-11(9-14(2,3)8-10)15-12-5-4-6-13(12)16/h10-13,15-16H,4-9H2,1-3H3. The van der Waals surface area contributed by atoms with E-state index in [9.17, 15) is 5.11 Å². The van der Waals surface area contributed by atoms with E-state index in [1.54, 1.807) is 0 Å². The van der Waals surface area contributed by atoms with Crippen molar-refractivity contribution in [2.45, 2.75) is 77.5 Å². The molecule has 0 amide bonds. The van der Waals surface area contributed by atoms with Crippen LogP contribution in [0, 0.1) is 11.3 Å². The Morgan fingerprint density at radius 2 is 1.94 bits per heavy atom. The van der Waals surface area contributed by atoms with Gasteiger partial charge in [-0.2, -0.15) is 0 Å². The van der Waals surface area contributed by atoms with Gasteiger partial charge in [0, 0.05) is 12.1 Å². The number of aliphatic hydroxyl groups is 1. The first-order valence-corrected chi connectivity index (χ1v) is 6.90. The van der Waals surface area contributed by atoms with Gasteiger partial charge in [0.05, 0.1) is 6.10 Å². The lowest BCUT2D eigenvalue weighted by molar-refractivity contribution is 0.106. The van der Waals surface area contributed by atoms with E-state index in [0.717, 1.165) is 18.8 Å². The molecule has 0 aromatic heterocycles. The van der Waals surface area contributed by atoms with Gasteiger partial charge in [0.15, 0.2) is 0 Å². The minimum Gasteiger partial charge on any atom is -0.392 e. The lowest BCUT2D eigenvalue weighted by atomic mass is 9.70. The van der Waals surface area contributed by atoms with Crippen molar-refractivity contribution in [2.75, 3.05) is 0 Å². The molecule has 2 heteroatoms. The Bertz CT molecular complexity index is 239. The first-order chi connectivity index (χ1) is 7.46. The third-order valence-electron chi connectivity index (χ3n) is 4.32. The minimum atomic E-state index is -0.0969. The summed E-state index contributed by atoms with van der Waals surface area (Å²) in [5, 5.41) is 13.6. The van der Waals surface area contributed by atoms with E-state index in [1.807, 2.05) is 0 Å². The van der Waals surface area contributed by atoms with E-state index in [2.05, 4.69) is 26.1 Å². The molecule has 2 rings (SSSR count). The highest BCUT2D eigenvalue weighted by Gasteiger charge is 2.34. The van der Waals surface area contributed by atoms with Crippen LogP contribution in [0.4, 0.5) is 0 Å². The summed E-state index contributed by atoms with van der Waals surface area (Å²) in [6.45, 7) is 7.12. The molecule has 0 bridgehead atoms. The summed E-state index contributed by atoms with van der Waals surface area (Å²) < 4.78 is 0. The summed E-state index contributed by atoms with van der Waals surface area (Å²) in [6.07, 6.45) is 7.13. The van der Waals surface area contributed by atoms with Crippen LogP contribution in [0.3, 0.4) is 0 Å². The van der Waals surface area contributed by atoms with Crippen LogP contribution in [-0.4, -0.2) is 23.3 Å². The second kappa shape index (κ2) is 4.66. The number of aliphatic hydroxyl groups excluding tert-OH is 1. The Morgan fingerprint density at radius 3 is 2.50 bits per heavy atom. The smallest absolute Gasteiger partial charge is 0.0693 e. The Hall–Kier alpha value is -0.0800. The molecule has 4 atom stereocenters. The largest absolute Gasteiger partial charge is 0.392 e. The third-order valence-corrected chi connectivity index (χ3v) is 4.32. The molecule has 2 aliphatic rings. The quantitative estimate of drug-likeness (QED) is 0.757. The Kier molecular flexibility index (Phi) is 3.60. The van der Waals surface area contributed by atoms with Gasteiger partial charge in [-0.15, -0.1) is 0 Å². The highest BCUT2D eigenvalue weighted by molar-refractivity contribution is 4.91. The summed E-state index contributed by atoms with van der Waals surface area (Å²) in [7, 11) is 0. The van der Waals surface area contributed by atoms with Crippen LogP contribution in [0.2, 0.25) is 0 Å². The lowest BCUT2D eigenvalue weighted by Gasteiger charge is -2.40. The van der Waals surface area contributed by atoms with Crippen molar-refractivity contribution in [3.05, 3.63) is 0 Å². The van der Waals surface area contributed by atoms with Crippen LogP contribution < -0.4 is 5.32 Å². The molecule has 0 heterocycles. The molecule has 2 nitrogen and oxygen atoms in total. The van der Waals surface area contributed by atoms with Gasteiger partial charge in [-0.05, 0) is 49.9 Å². The third kappa shape index (κ3) is 2.98. The van der Waals surface area contributed by atoms with Gasteiger partial charge in [-0.3, -0.25) is 0 Å². The fourth-order valence-corrected chi connectivity index (χ4v) is 3.91. The molecule has 4 unspecified atom stereocenters. The van der Waals surface area contributed by atoms with E-state index in [-0.39, 0.29) is 6.10 Å². The summed E-state index contributed by atoms with van der Waals surface area (Å²) in [5.74, 6) is 0.819. The molecule has 94 valence electrons. The predicted molar refractivity (Wildman–Crippen MR) is 67.4 cm³/mol. The zero-order valence-electron chi connectivity index (χ0n) is 11.0. The summed E-state index contributed by atoms with van der Waals surface area (Å²) in [4.78, 5) is 0. The number of hydrogen-bond acceptors (Lipinski definition) is 2. The van der Waals surface area contributed by atoms with Crippen LogP contribution >= 0.6 is 0 Å². The highest BCUT2D eigenvalue weighted by atomic mass is 16.3. The van der Waals surface area contributed by atoms with E-state index >= 15 is 0 Å². The van der Waals surface area contributed by atoms with Gasteiger partial charge in [0.1, 0.15) is 0 Å². The normalized spacial score (nSPS) is 43.5. The summed E-state index contributed by atoms with van der Waals surface area (Å²) in [6, 6.07) is 0.989. The van der Waals surface area contributed by atoms with Crippen LogP contribution in [-0.2, 0) is 0 Å². The molecule has 0 aromatic carbocycles. The van der Waals surface area contributed by atoms with Gasteiger partial charge in [0.25, 0.3) is 0 Å². The molecule has 0 aliphatic heterocycles. The molecule has 0 aromatic rings. The minimum absolute atomic E-state index is 0.0969. The first-order valence-electron chi connectivity index (χ1n) is 6.90. The molecular weight excluding hydrogens is 198 g/mol. The van der Waals surface area contributed by atoms with Crippen LogP contribution in [0.15, 0.2) is 0 Å². The van der Waals surface area contributed by atoms with Gasteiger partial charge >= 0.3 is 0 Å². The Balaban J connectivity index is 1.89. The van der Waals surface area contributed by atoms with Gasteiger partial charge < -0.3 is 10.4 Å². The highest BCUT2D eigenvalue weighted by Crippen LogP contribution is 2.39. The Labute approximate surface area is 99.8 Å². The molecule has 2 saturated carbocycles. The summed E-state index contributed by atoms with van der Waals surface area (Å²) in [5.41, 5.74) is 0.471. The van der Waals surface area contributed by atoms with Crippen molar-refractivity contribution in [3.63, 3.8) is 0 Å². The number of rotatable bonds is 2. The maximum Gasteiger partial charge on any atom is 0.0693 e. The number of nitrogens with one attached hydrogen (secondary N) is 1. The van der Waals surface area contributed by atoms with Crippen LogP contribution in [0.1, 0.15) is 59.3 Å². The average molecular weight is 225 g/mol. The van der Waals surface area contributed by atoms with Crippen LogP contribution in [0.5, 0.6) is 0 Å². The molecule has 16 heavy (non-hydrogen) atoms. The molecular formula is C14H27NO. The van der Waals surface area contributed by atoms with Crippen molar-refractivity contribution in [3.8, 4) is 0 Å². The molecule has 2 fully saturated rings. The van der Waals surface area contributed by atoms with Crippen molar-refractivity contribution in [1.82, 2.24) is 5.32 Å². The monoisotopic (exact) mass is 225 g/mol. The second-order valence-electron chi connectivity index (χ2n) is 6.88. The zero-order chi connectivity index (χ0) is 11.8. The summed E-state index contributed by atoms with van der Waals surface area (Å²) >= 11 is 0. The number of hydrogen-bond donors (Lipinski definition) is 2. The average Bonchev–Trinajstić information content (AvgIpc) is 2.48. The Morgan fingerprint density at radius 1 is 1.19 bits per heavy atom. The van der Waals surface area contributed by atoms with Crippen molar-refractivity contribution < 1.29 is 5.11 Å². The van der Waals surface area contributed by atoms with Crippen molar-refractivity contribution >= 4 is 0 Å². The van der Waals surface area contributed by atoms with Gasteiger partial charge in [0.2, 0.25) is 0 Å². The van der Waals surface area contributed by atoms with E-state index in [1.165, 1.54) is 25.7 Å². The molecule has 2 N–H and O–H groups in total. The van der Waals surface area contributed by atoms with Gasteiger partial charge in [-0.1, -0.05) is 20.8 Å². The fourth-order valence-electron chi connectivity index (χ4n) is 3.91. The second-order valence-corrected chi connectivity index (χ2v) is 6.88. The maximum absolute atomic E-state index is 9.85. The first kappa shape index (κ1) is 12.4. The van der Waals surface area contributed by atoms with Crippen molar-refractivity contribution in [1.29, 1.82) is 0 Å². The van der Waals surface area contributed by atoms with E-state index in [0.29, 0.717) is 17.5 Å². The van der Waals surface area contributed by atoms with E-state index < -0.39 is 0 Å². The molecule has 0 spiro atoms. The molecule has 0 saturated heterocycles. The lowest BCUT2D eigenvalue weighted by Crippen LogP contribution is -2.47. The van der Waals surface area contributed by atoms with Gasteiger partial charge in [-0.25, -0.2) is 0 Å². The van der Waals surface area contributed by atoms with E-state index in [4.69, 9.17) is 0 Å². The van der Waals surface area contributed by atoms with Crippen LogP contribution in [0.25, 0.3) is 0 Å². The molecule has 0 radical (unpaired) electrons. The maximum atomic E-state index is 9.85.